The van der Waals surface area contributed by atoms with Gasteiger partial charge >= 0.3 is 0 Å². The van der Waals surface area contributed by atoms with Crippen LogP contribution in [0.4, 0.5) is 5.69 Å². The summed E-state index contributed by atoms with van der Waals surface area (Å²) in [6.45, 7) is 7.67. The van der Waals surface area contributed by atoms with Crippen LogP contribution in [0.15, 0.2) is 24.3 Å². The Morgan fingerprint density at radius 2 is 1.95 bits per heavy atom. The van der Waals surface area contributed by atoms with Crippen molar-refractivity contribution >= 4 is 17.5 Å². The predicted molar refractivity (Wildman–Crippen MR) is 83.2 cm³/mol. The number of nitrogens with one attached hydrogen (secondary N) is 2. The van der Waals surface area contributed by atoms with E-state index in [0.29, 0.717) is 17.7 Å². The summed E-state index contributed by atoms with van der Waals surface area (Å²) in [7, 11) is 0. The highest BCUT2D eigenvalue weighted by atomic mass is 16.3. The van der Waals surface area contributed by atoms with Crippen molar-refractivity contribution in [3.05, 3.63) is 29.8 Å². The van der Waals surface area contributed by atoms with E-state index in [1.807, 2.05) is 20.8 Å². The molecule has 0 aliphatic heterocycles. The molecule has 1 atom stereocenters. The van der Waals surface area contributed by atoms with Gasteiger partial charge in [0.25, 0.3) is 5.91 Å². The average Bonchev–Trinajstić information content (AvgIpc) is 2.43. The lowest BCUT2D eigenvalue weighted by atomic mass is 9.89. The number of rotatable bonds is 5. The summed E-state index contributed by atoms with van der Waals surface area (Å²) in [5.74, 6) is -0.374. The summed E-state index contributed by atoms with van der Waals surface area (Å²) in [5, 5.41) is 15.3. The van der Waals surface area contributed by atoms with E-state index >= 15 is 0 Å². The Labute approximate surface area is 125 Å². The molecule has 0 bridgehead atoms. The van der Waals surface area contributed by atoms with Crippen molar-refractivity contribution in [1.82, 2.24) is 5.32 Å². The summed E-state index contributed by atoms with van der Waals surface area (Å²) >= 11 is 0. The van der Waals surface area contributed by atoms with E-state index < -0.39 is 6.10 Å². The Hall–Kier alpha value is -1.88. The summed E-state index contributed by atoms with van der Waals surface area (Å²) in [6, 6.07) is 6.72. The maximum absolute atomic E-state index is 12.0. The third-order valence-electron chi connectivity index (χ3n) is 3.19. The molecule has 3 N–H and O–H groups in total. The molecule has 0 aliphatic carbocycles. The third kappa shape index (κ3) is 5.55. The second-order valence-electron chi connectivity index (χ2n) is 6.07. The topological polar surface area (TPSA) is 78.4 Å². The molecular weight excluding hydrogens is 268 g/mol. The maximum Gasteiger partial charge on any atom is 0.251 e. The van der Waals surface area contributed by atoms with Gasteiger partial charge in [-0.3, -0.25) is 9.59 Å². The van der Waals surface area contributed by atoms with E-state index in [1.54, 1.807) is 31.2 Å². The molecule has 1 aromatic rings. The fraction of sp³-hybridized carbons (Fsp3) is 0.500. The molecule has 2 amide bonds. The molecule has 0 saturated carbocycles. The molecule has 0 saturated heterocycles. The molecule has 1 rings (SSSR count). The van der Waals surface area contributed by atoms with E-state index in [4.69, 9.17) is 0 Å². The van der Waals surface area contributed by atoms with Gasteiger partial charge in [-0.25, -0.2) is 0 Å². The number of hydrogen-bond donors (Lipinski definition) is 3. The number of amides is 2. The van der Waals surface area contributed by atoms with Gasteiger partial charge in [-0.15, -0.1) is 0 Å². The minimum atomic E-state index is -0.621. The minimum absolute atomic E-state index is 0.101. The number of benzene rings is 1. The van der Waals surface area contributed by atoms with Gasteiger partial charge in [0.05, 0.1) is 6.10 Å². The normalized spacial score (nSPS) is 12.6. The van der Waals surface area contributed by atoms with E-state index in [9.17, 15) is 14.7 Å². The van der Waals surface area contributed by atoms with Crippen molar-refractivity contribution in [2.45, 2.75) is 40.2 Å². The number of carbonyl (C=O) groups excluding carboxylic acids is 2. The molecule has 116 valence electrons. The molecule has 21 heavy (non-hydrogen) atoms. The van der Waals surface area contributed by atoms with Crippen molar-refractivity contribution in [2.24, 2.45) is 5.41 Å². The summed E-state index contributed by atoms with van der Waals surface area (Å²) in [5.41, 5.74) is 0.750. The summed E-state index contributed by atoms with van der Waals surface area (Å²) < 4.78 is 0. The van der Waals surface area contributed by atoms with E-state index in [2.05, 4.69) is 10.6 Å². The summed E-state index contributed by atoms with van der Waals surface area (Å²) in [4.78, 5) is 23.4. The van der Waals surface area contributed by atoms with E-state index in [-0.39, 0.29) is 23.8 Å². The monoisotopic (exact) mass is 292 g/mol. The molecule has 0 spiro atoms. The first-order valence-corrected chi connectivity index (χ1v) is 7.10. The lowest BCUT2D eigenvalue weighted by molar-refractivity contribution is -0.115. The first kappa shape index (κ1) is 17.2. The van der Waals surface area contributed by atoms with Crippen LogP contribution in [0, 0.1) is 5.41 Å². The van der Waals surface area contributed by atoms with Crippen LogP contribution in [0.25, 0.3) is 0 Å². The van der Waals surface area contributed by atoms with Crippen molar-refractivity contribution < 1.29 is 14.7 Å². The Bertz CT molecular complexity index is 506. The first-order chi connectivity index (χ1) is 9.74. The van der Waals surface area contributed by atoms with Gasteiger partial charge < -0.3 is 15.7 Å². The largest absolute Gasteiger partial charge is 0.391 e. The molecule has 0 fully saturated rings. The van der Waals surface area contributed by atoms with Crippen LogP contribution in [0.3, 0.4) is 0 Å². The zero-order chi connectivity index (χ0) is 16.0. The van der Waals surface area contributed by atoms with E-state index in [0.717, 1.165) is 0 Å². The highest BCUT2D eigenvalue weighted by Gasteiger charge is 2.22. The standard InChI is InChI=1S/C16H24N2O3/c1-5-14(20)18-12-8-6-7-11(9-12)15(21)17-10-13(19)16(2,3)4/h6-9,13,19H,5,10H2,1-4H3,(H,17,21)(H,18,20). The zero-order valence-corrected chi connectivity index (χ0v) is 13.1. The lowest BCUT2D eigenvalue weighted by Gasteiger charge is -2.25. The maximum atomic E-state index is 12.0. The number of aliphatic hydroxyl groups excluding tert-OH is 1. The highest BCUT2D eigenvalue weighted by Crippen LogP contribution is 2.18. The molecule has 0 aliphatic rings. The molecule has 1 unspecified atom stereocenters. The molecular formula is C16H24N2O3. The SMILES string of the molecule is CCC(=O)Nc1cccc(C(=O)NCC(O)C(C)(C)C)c1. The van der Waals surface area contributed by atoms with Gasteiger partial charge in [0, 0.05) is 24.2 Å². The molecule has 5 nitrogen and oxygen atoms in total. The lowest BCUT2D eigenvalue weighted by Crippen LogP contribution is -2.39. The van der Waals surface area contributed by atoms with Crippen LogP contribution in [0.5, 0.6) is 0 Å². The Morgan fingerprint density at radius 3 is 2.52 bits per heavy atom. The van der Waals surface area contributed by atoms with Crippen molar-refractivity contribution in [2.75, 3.05) is 11.9 Å². The highest BCUT2D eigenvalue weighted by molar-refractivity contribution is 5.97. The summed E-state index contributed by atoms with van der Waals surface area (Å²) in [6.07, 6.45) is -0.238. The van der Waals surface area contributed by atoms with Gasteiger partial charge in [0.1, 0.15) is 0 Å². The molecule has 0 heterocycles. The van der Waals surface area contributed by atoms with E-state index in [1.165, 1.54) is 0 Å². The molecule has 0 aromatic heterocycles. The quantitative estimate of drug-likeness (QED) is 0.778. The molecule has 0 radical (unpaired) electrons. The fourth-order valence-corrected chi connectivity index (χ4v) is 1.59. The van der Waals surface area contributed by atoms with Crippen molar-refractivity contribution in [3.8, 4) is 0 Å². The number of aliphatic hydroxyl groups is 1. The van der Waals surface area contributed by atoms with Crippen LogP contribution in [0.2, 0.25) is 0 Å². The van der Waals surface area contributed by atoms with Gasteiger partial charge in [-0.2, -0.15) is 0 Å². The first-order valence-electron chi connectivity index (χ1n) is 7.10. The van der Waals surface area contributed by atoms with Crippen molar-refractivity contribution in [3.63, 3.8) is 0 Å². The fourth-order valence-electron chi connectivity index (χ4n) is 1.59. The van der Waals surface area contributed by atoms with Crippen LogP contribution < -0.4 is 10.6 Å². The van der Waals surface area contributed by atoms with Crippen LogP contribution in [-0.2, 0) is 4.79 Å². The number of hydrogen-bond acceptors (Lipinski definition) is 3. The van der Waals surface area contributed by atoms with Crippen LogP contribution >= 0.6 is 0 Å². The third-order valence-corrected chi connectivity index (χ3v) is 3.19. The average molecular weight is 292 g/mol. The smallest absolute Gasteiger partial charge is 0.251 e. The predicted octanol–water partition coefficient (Wildman–Crippen LogP) is 2.17. The van der Waals surface area contributed by atoms with Gasteiger partial charge in [-0.05, 0) is 23.6 Å². The Kier molecular flexibility index (Phi) is 5.90. The van der Waals surface area contributed by atoms with Crippen LogP contribution in [-0.4, -0.2) is 29.6 Å². The van der Waals surface area contributed by atoms with Gasteiger partial charge in [0.15, 0.2) is 0 Å². The molecule has 1 aromatic carbocycles. The minimum Gasteiger partial charge on any atom is -0.391 e. The molecule has 5 heteroatoms. The number of anilines is 1. The van der Waals surface area contributed by atoms with Gasteiger partial charge in [-0.1, -0.05) is 33.8 Å². The zero-order valence-electron chi connectivity index (χ0n) is 13.1. The second-order valence-corrected chi connectivity index (χ2v) is 6.07. The Balaban J connectivity index is 2.66. The van der Waals surface area contributed by atoms with Gasteiger partial charge in [0.2, 0.25) is 5.91 Å². The number of carbonyl (C=O) groups is 2. The van der Waals surface area contributed by atoms with Crippen LogP contribution in [0.1, 0.15) is 44.5 Å². The van der Waals surface area contributed by atoms with Crippen molar-refractivity contribution in [1.29, 1.82) is 0 Å². The second kappa shape index (κ2) is 7.22. The Morgan fingerprint density at radius 1 is 1.29 bits per heavy atom.